The lowest BCUT2D eigenvalue weighted by molar-refractivity contribution is 0.916. The minimum absolute atomic E-state index is 0.456. The third-order valence-electron chi connectivity index (χ3n) is 6.32. The van der Waals surface area contributed by atoms with Crippen LogP contribution >= 0.6 is 23.2 Å². The topological polar surface area (TPSA) is 61.1 Å². The van der Waals surface area contributed by atoms with Crippen molar-refractivity contribution in [3.63, 3.8) is 0 Å². The third-order valence-corrected chi connectivity index (χ3v) is 6.80. The summed E-state index contributed by atoms with van der Waals surface area (Å²) in [6, 6.07) is 24.1. The second-order valence-corrected chi connectivity index (χ2v) is 9.40. The molecule has 0 saturated heterocycles. The summed E-state index contributed by atoms with van der Waals surface area (Å²) in [6.07, 6.45) is 3.67. The maximum Gasteiger partial charge on any atom is 0.139 e. The summed E-state index contributed by atoms with van der Waals surface area (Å²) in [5.41, 5.74) is 14.8. The van der Waals surface area contributed by atoms with Gasteiger partial charge in [0.05, 0.1) is 35.1 Å². The summed E-state index contributed by atoms with van der Waals surface area (Å²) >= 11 is 12.6. The van der Waals surface area contributed by atoms with Crippen LogP contribution in [0.3, 0.4) is 0 Å². The van der Waals surface area contributed by atoms with Crippen molar-refractivity contribution in [2.75, 3.05) is 0 Å². The number of hydrogen-bond donors (Lipinski definition) is 1. The molecule has 35 heavy (non-hydrogen) atoms. The van der Waals surface area contributed by atoms with E-state index in [1.165, 1.54) is 0 Å². The van der Waals surface area contributed by atoms with E-state index < -0.39 is 0 Å². The minimum Gasteiger partial charge on any atom is -0.332 e. The number of aryl methyl sites for hydroxylation is 1. The Balaban J connectivity index is 1.78. The lowest BCUT2D eigenvalue weighted by Gasteiger charge is -2.14. The molecule has 7 heteroatoms. The summed E-state index contributed by atoms with van der Waals surface area (Å²) < 4.78 is 4.21. The fourth-order valence-corrected chi connectivity index (χ4v) is 4.95. The number of nitrogens with zero attached hydrogens (tertiary/aromatic N) is 4. The zero-order valence-electron chi connectivity index (χ0n) is 18.9. The number of hydrogen-bond acceptors (Lipinski definition) is 3. The molecule has 5 nitrogen and oxygen atoms in total. The zero-order chi connectivity index (χ0) is 24.1. The maximum absolute atomic E-state index is 6.37. The highest BCUT2D eigenvalue weighted by Gasteiger charge is 2.22. The van der Waals surface area contributed by atoms with E-state index >= 15 is 0 Å². The van der Waals surface area contributed by atoms with Crippen LogP contribution in [0, 0.1) is 0 Å². The first-order valence-electron chi connectivity index (χ1n) is 11.2. The van der Waals surface area contributed by atoms with Crippen molar-refractivity contribution < 1.29 is 0 Å². The van der Waals surface area contributed by atoms with E-state index in [0.29, 0.717) is 16.6 Å². The molecule has 0 aliphatic carbocycles. The van der Waals surface area contributed by atoms with Gasteiger partial charge in [-0.3, -0.25) is 4.40 Å². The molecule has 172 valence electrons. The molecule has 2 N–H and O–H groups in total. The van der Waals surface area contributed by atoms with Crippen LogP contribution in [-0.4, -0.2) is 18.9 Å². The van der Waals surface area contributed by atoms with Gasteiger partial charge >= 0.3 is 0 Å². The van der Waals surface area contributed by atoms with Gasteiger partial charge in [0.25, 0.3) is 0 Å². The van der Waals surface area contributed by atoms with Crippen LogP contribution in [0.15, 0.2) is 85.3 Å². The number of benzene rings is 3. The van der Waals surface area contributed by atoms with Crippen LogP contribution in [-0.2, 0) is 13.6 Å². The largest absolute Gasteiger partial charge is 0.332 e. The van der Waals surface area contributed by atoms with E-state index in [4.69, 9.17) is 33.9 Å². The molecule has 3 aromatic carbocycles. The van der Waals surface area contributed by atoms with Gasteiger partial charge < -0.3 is 10.3 Å². The van der Waals surface area contributed by atoms with Crippen molar-refractivity contribution in [1.82, 2.24) is 18.9 Å². The summed E-state index contributed by atoms with van der Waals surface area (Å²) in [4.78, 5) is 9.52. The van der Waals surface area contributed by atoms with Crippen LogP contribution in [0.4, 0.5) is 0 Å². The fraction of sp³-hybridized carbons (Fsp3) is 0.0714. The molecule has 0 fully saturated rings. The normalized spacial score (nSPS) is 11.5. The van der Waals surface area contributed by atoms with Crippen molar-refractivity contribution in [3.8, 4) is 33.8 Å². The van der Waals surface area contributed by atoms with E-state index in [0.717, 1.165) is 55.9 Å². The first-order valence-corrected chi connectivity index (χ1v) is 12.0. The van der Waals surface area contributed by atoms with E-state index in [2.05, 4.69) is 39.7 Å². The average Bonchev–Trinajstić information content (AvgIpc) is 3.46. The molecule has 0 atom stereocenters. The van der Waals surface area contributed by atoms with E-state index in [-0.39, 0.29) is 0 Å². The Kier molecular flexibility index (Phi) is 5.33. The minimum atomic E-state index is 0.456. The van der Waals surface area contributed by atoms with Crippen molar-refractivity contribution in [3.05, 3.63) is 101 Å². The molecular weight excluding hydrogens is 477 g/mol. The predicted molar refractivity (Wildman–Crippen MR) is 144 cm³/mol. The number of fused-ring (bicyclic) bond motifs is 3. The van der Waals surface area contributed by atoms with E-state index in [1.807, 2.05) is 60.3 Å². The lowest BCUT2D eigenvalue weighted by Crippen LogP contribution is -2.00. The molecule has 3 heterocycles. The van der Waals surface area contributed by atoms with Crippen LogP contribution in [0.5, 0.6) is 0 Å². The number of halogens is 2. The highest BCUT2D eigenvalue weighted by Crippen LogP contribution is 2.39. The highest BCUT2D eigenvalue weighted by molar-refractivity contribution is 6.31. The van der Waals surface area contributed by atoms with Crippen molar-refractivity contribution in [2.45, 2.75) is 6.54 Å². The fourth-order valence-electron chi connectivity index (χ4n) is 4.63. The van der Waals surface area contributed by atoms with Gasteiger partial charge in [0.1, 0.15) is 5.65 Å². The van der Waals surface area contributed by atoms with Gasteiger partial charge in [-0.2, -0.15) is 0 Å². The average molecular weight is 498 g/mol. The van der Waals surface area contributed by atoms with Gasteiger partial charge in [-0.25, -0.2) is 9.97 Å². The van der Waals surface area contributed by atoms with Crippen LogP contribution in [0.25, 0.3) is 50.3 Å². The number of nitrogens with two attached hydrogens (primary N) is 1. The molecule has 0 spiro atoms. The summed E-state index contributed by atoms with van der Waals surface area (Å²) in [6.45, 7) is 0.456. The molecule has 6 aromatic rings. The number of imidazole rings is 2. The lowest BCUT2D eigenvalue weighted by atomic mass is 9.99. The Morgan fingerprint density at radius 2 is 1.71 bits per heavy atom. The first kappa shape index (κ1) is 21.9. The molecule has 0 bridgehead atoms. The van der Waals surface area contributed by atoms with Gasteiger partial charge in [0.15, 0.2) is 0 Å². The van der Waals surface area contributed by atoms with Gasteiger partial charge in [0, 0.05) is 34.6 Å². The maximum atomic E-state index is 6.37. The van der Waals surface area contributed by atoms with Crippen LogP contribution < -0.4 is 5.73 Å². The Labute approximate surface area is 212 Å². The molecule has 0 saturated carbocycles. The van der Waals surface area contributed by atoms with E-state index in [1.54, 1.807) is 6.33 Å². The smallest absolute Gasteiger partial charge is 0.139 e. The number of pyridine rings is 1. The summed E-state index contributed by atoms with van der Waals surface area (Å²) in [5.74, 6) is 0. The molecule has 0 unspecified atom stereocenters. The molecule has 0 aliphatic rings. The third kappa shape index (κ3) is 3.69. The van der Waals surface area contributed by atoms with Gasteiger partial charge in [-0.05, 0) is 59.2 Å². The standard InChI is InChI=1S/C28H21Cl2N5/c1-34-16-32-15-25(34)28-27(18-6-8-20(29)9-7-18)33-26-13-22(19-3-2-4-21(30)12-19)23-11-17(14-31)5-10-24(23)35(26)28/h2-13,15-16H,14,31H2,1H3. The van der Waals surface area contributed by atoms with E-state index in [9.17, 15) is 0 Å². The second-order valence-electron chi connectivity index (χ2n) is 8.52. The first-order chi connectivity index (χ1) is 17.0. The van der Waals surface area contributed by atoms with Gasteiger partial charge in [-0.15, -0.1) is 0 Å². The SMILES string of the molecule is Cn1cncc1-c1c(-c2ccc(Cl)cc2)nc2cc(-c3cccc(Cl)c3)c3cc(CN)ccc3n12. The second kappa shape index (κ2) is 8.54. The van der Waals surface area contributed by atoms with Crippen LogP contribution in [0.2, 0.25) is 10.0 Å². The molecule has 6 rings (SSSR count). The van der Waals surface area contributed by atoms with Crippen molar-refractivity contribution in [1.29, 1.82) is 0 Å². The summed E-state index contributed by atoms with van der Waals surface area (Å²) in [5, 5.41) is 2.44. The molecule has 0 aliphatic heterocycles. The van der Waals surface area contributed by atoms with Crippen molar-refractivity contribution in [2.24, 2.45) is 12.8 Å². The van der Waals surface area contributed by atoms with Gasteiger partial charge in [0.2, 0.25) is 0 Å². The molecule has 0 amide bonds. The van der Waals surface area contributed by atoms with Crippen molar-refractivity contribution >= 4 is 39.8 Å². The predicted octanol–water partition coefficient (Wildman–Crippen LogP) is 6.99. The highest BCUT2D eigenvalue weighted by atomic mass is 35.5. The Hall–Kier alpha value is -3.64. The number of rotatable bonds is 4. The van der Waals surface area contributed by atoms with Crippen LogP contribution in [0.1, 0.15) is 5.56 Å². The Bertz CT molecular complexity index is 1710. The quantitative estimate of drug-likeness (QED) is 0.285. The Morgan fingerprint density at radius 1 is 0.886 bits per heavy atom. The Morgan fingerprint density at radius 3 is 2.43 bits per heavy atom. The zero-order valence-corrected chi connectivity index (χ0v) is 20.4. The molecule has 3 aromatic heterocycles. The molecular formula is C28H21Cl2N5. The molecule has 0 radical (unpaired) electrons. The monoisotopic (exact) mass is 497 g/mol. The number of aromatic nitrogens is 4. The summed E-state index contributed by atoms with van der Waals surface area (Å²) in [7, 11) is 1.99. The van der Waals surface area contributed by atoms with Gasteiger partial charge in [-0.1, -0.05) is 53.5 Å².